The molecule has 0 unspecified atom stereocenters. The molecule has 0 spiro atoms. The van der Waals surface area contributed by atoms with Gasteiger partial charge in [-0.05, 0) is 61.9 Å². The fourth-order valence-corrected chi connectivity index (χ4v) is 4.95. The molecule has 1 atom stereocenters. The number of allylic oxidation sites excluding steroid dienone is 3. The number of Topliss-reactive ketones (excluding diaryl/α,β-unsaturated/α-hetero) is 1. The molecule has 34 heavy (non-hydrogen) atoms. The van der Waals surface area contributed by atoms with Crippen LogP contribution in [0.3, 0.4) is 0 Å². The number of benzene rings is 2. The first kappa shape index (κ1) is 23.6. The van der Waals surface area contributed by atoms with Gasteiger partial charge in [-0.1, -0.05) is 38.1 Å². The van der Waals surface area contributed by atoms with Gasteiger partial charge in [0.2, 0.25) is 0 Å². The van der Waals surface area contributed by atoms with Crippen molar-refractivity contribution in [3.8, 4) is 11.5 Å². The number of para-hydroxylation sites is 1. The first-order valence-electron chi connectivity index (χ1n) is 11.7. The lowest BCUT2D eigenvalue weighted by Crippen LogP contribution is -2.39. The monoisotopic (exact) mass is 460 g/mol. The maximum Gasteiger partial charge on any atom is 0.254 e. The third-order valence-electron chi connectivity index (χ3n) is 6.49. The van der Waals surface area contributed by atoms with Gasteiger partial charge in [-0.25, -0.2) is 0 Å². The van der Waals surface area contributed by atoms with Crippen LogP contribution in [0, 0.1) is 12.3 Å². The molecule has 2 aliphatic rings. The molecule has 178 valence electrons. The summed E-state index contributed by atoms with van der Waals surface area (Å²) in [4.78, 5) is 27.1. The van der Waals surface area contributed by atoms with Crippen LogP contribution in [0.15, 0.2) is 65.0 Å². The van der Waals surface area contributed by atoms with Gasteiger partial charge < -0.3 is 20.5 Å². The van der Waals surface area contributed by atoms with Crippen molar-refractivity contribution in [1.82, 2.24) is 5.32 Å². The van der Waals surface area contributed by atoms with Gasteiger partial charge >= 0.3 is 0 Å². The number of ketones is 1. The highest BCUT2D eigenvalue weighted by atomic mass is 16.5. The Balaban J connectivity index is 1.85. The molecule has 0 aromatic heterocycles. The van der Waals surface area contributed by atoms with Crippen LogP contribution in [0.5, 0.6) is 11.5 Å². The largest absolute Gasteiger partial charge is 0.504 e. The number of carbonyl (C=O) groups excluding carboxylic acids is 2. The number of carbonyl (C=O) groups is 2. The minimum absolute atomic E-state index is 0.0245. The Kier molecular flexibility index (Phi) is 6.26. The Bertz CT molecular complexity index is 1220. The van der Waals surface area contributed by atoms with Crippen molar-refractivity contribution in [2.24, 2.45) is 5.41 Å². The quantitative estimate of drug-likeness (QED) is 0.560. The van der Waals surface area contributed by atoms with Gasteiger partial charge in [-0.2, -0.15) is 0 Å². The highest BCUT2D eigenvalue weighted by Crippen LogP contribution is 2.47. The molecule has 0 bridgehead atoms. The van der Waals surface area contributed by atoms with E-state index < -0.39 is 5.92 Å². The predicted molar refractivity (Wildman–Crippen MR) is 133 cm³/mol. The van der Waals surface area contributed by atoms with E-state index >= 15 is 0 Å². The van der Waals surface area contributed by atoms with E-state index in [1.165, 1.54) is 0 Å². The van der Waals surface area contributed by atoms with Crippen LogP contribution in [-0.4, -0.2) is 23.4 Å². The molecule has 4 rings (SSSR count). The van der Waals surface area contributed by atoms with E-state index in [0.29, 0.717) is 42.0 Å². The molecule has 0 saturated heterocycles. The van der Waals surface area contributed by atoms with Gasteiger partial charge in [0.05, 0.1) is 6.61 Å². The lowest BCUT2D eigenvalue weighted by molar-refractivity contribution is -0.118. The molecule has 2 aromatic carbocycles. The highest BCUT2D eigenvalue weighted by molar-refractivity contribution is 6.10. The molecule has 1 amide bonds. The number of hydrogen-bond donors (Lipinski definition) is 3. The zero-order chi connectivity index (χ0) is 24.6. The van der Waals surface area contributed by atoms with E-state index in [2.05, 4.69) is 24.5 Å². The van der Waals surface area contributed by atoms with Gasteiger partial charge in [-0.15, -0.1) is 0 Å². The maximum atomic E-state index is 13.7. The number of dihydropyridines is 1. The minimum Gasteiger partial charge on any atom is -0.504 e. The summed E-state index contributed by atoms with van der Waals surface area (Å²) in [6.45, 7) is 10.2. The topological polar surface area (TPSA) is 87.7 Å². The molecule has 6 nitrogen and oxygen atoms in total. The van der Waals surface area contributed by atoms with Crippen molar-refractivity contribution in [3.63, 3.8) is 0 Å². The second kappa shape index (κ2) is 9.01. The average molecular weight is 461 g/mol. The van der Waals surface area contributed by atoms with Gasteiger partial charge in [0.15, 0.2) is 17.3 Å². The normalized spacial score (nSPS) is 19.4. The minimum atomic E-state index is -0.566. The SMILES string of the molecule is CCOc1cc([C@H]2C(C(=O)Nc3ccccc3C)=C(C)NC3=C2C(=O)CC(C)(C)C3)ccc1O. The Morgan fingerprint density at radius 2 is 1.91 bits per heavy atom. The fraction of sp³-hybridized carbons (Fsp3) is 0.357. The summed E-state index contributed by atoms with van der Waals surface area (Å²) in [5.41, 5.74) is 4.93. The van der Waals surface area contributed by atoms with Crippen LogP contribution in [0.4, 0.5) is 5.69 Å². The van der Waals surface area contributed by atoms with Crippen LogP contribution >= 0.6 is 0 Å². The molecule has 3 N–H and O–H groups in total. The zero-order valence-electron chi connectivity index (χ0n) is 20.4. The molecule has 1 aliphatic heterocycles. The van der Waals surface area contributed by atoms with Gasteiger partial charge in [0, 0.05) is 40.6 Å². The van der Waals surface area contributed by atoms with E-state index in [9.17, 15) is 14.7 Å². The van der Waals surface area contributed by atoms with Crippen molar-refractivity contribution in [2.75, 3.05) is 11.9 Å². The first-order valence-corrected chi connectivity index (χ1v) is 11.7. The molecular formula is C28H32N2O4. The van der Waals surface area contributed by atoms with Gasteiger partial charge in [-0.3, -0.25) is 9.59 Å². The van der Waals surface area contributed by atoms with Crippen LogP contribution in [0.1, 0.15) is 57.6 Å². The average Bonchev–Trinajstić information content (AvgIpc) is 2.75. The number of phenolic OH excluding ortho intramolecular Hbond substituents is 1. The lowest BCUT2D eigenvalue weighted by Gasteiger charge is -2.39. The smallest absolute Gasteiger partial charge is 0.254 e. The number of anilines is 1. The summed E-state index contributed by atoms with van der Waals surface area (Å²) >= 11 is 0. The molecular weight excluding hydrogens is 428 g/mol. The number of aryl methyl sites for hydroxylation is 1. The van der Waals surface area contributed by atoms with E-state index in [4.69, 9.17) is 4.74 Å². The van der Waals surface area contributed by atoms with Crippen LogP contribution in [-0.2, 0) is 9.59 Å². The van der Waals surface area contributed by atoms with Crippen molar-refractivity contribution >= 4 is 17.4 Å². The summed E-state index contributed by atoms with van der Waals surface area (Å²) in [5.74, 6) is -0.441. The number of phenols is 1. The molecule has 1 heterocycles. The molecule has 0 fully saturated rings. The van der Waals surface area contributed by atoms with Crippen molar-refractivity contribution in [2.45, 2.75) is 53.4 Å². The van der Waals surface area contributed by atoms with E-state index in [1.54, 1.807) is 18.2 Å². The van der Waals surface area contributed by atoms with Crippen LogP contribution in [0.2, 0.25) is 0 Å². The number of hydrogen-bond acceptors (Lipinski definition) is 5. The van der Waals surface area contributed by atoms with Gasteiger partial charge in [0.1, 0.15) is 0 Å². The third kappa shape index (κ3) is 4.45. The number of nitrogens with one attached hydrogen (secondary N) is 2. The summed E-state index contributed by atoms with van der Waals surface area (Å²) in [6.07, 6.45) is 1.12. The molecule has 6 heteroatoms. The lowest BCUT2D eigenvalue weighted by atomic mass is 9.68. The summed E-state index contributed by atoms with van der Waals surface area (Å²) in [5, 5.41) is 16.7. The number of amides is 1. The first-order chi connectivity index (χ1) is 16.1. The van der Waals surface area contributed by atoms with Crippen LogP contribution in [0.25, 0.3) is 0 Å². The van der Waals surface area contributed by atoms with E-state index in [0.717, 1.165) is 22.5 Å². The number of ether oxygens (including phenoxy) is 1. The van der Waals surface area contributed by atoms with Gasteiger partial charge in [0.25, 0.3) is 5.91 Å². The van der Waals surface area contributed by atoms with Crippen molar-refractivity contribution in [1.29, 1.82) is 0 Å². The Hall–Kier alpha value is -3.54. The number of rotatable bonds is 5. The Labute approximate surface area is 200 Å². The maximum absolute atomic E-state index is 13.7. The highest BCUT2D eigenvalue weighted by Gasteiger charge is 2.42. The van der Waals surface area contributed by atoms with Crippen molar-refractivity contribution in [3.05, 3.63) is 76.1 Å². The second-order valence-corrected chi connectivity index (χ2v) is 9.86. The molecule has 2 aromatic rings. The molecule has 0 saturated carbocycles. The fourth-order valence-electron chi connectivity index (χ4n) is 4.95. The van der Waals surface area contributed by atoms with Crippen molar-refractivity contribution < 1.29 is 19.4 Å². The number of aromatic hydroxyl groups is 1. The second-order valence-electron chi connectivity index (χ2n) is 9.86. The Morgan fingerprint density at radius 3 is 2.62 bits per heavy atom. The zero-order valence-corrected chi connectivity index (χ0v) is 20.4. The Morgan fingerprint density at radius 1 is 1.18 bits per heavy atom. The standard InChI is InChI=1S/C28H32N2O4/c1-6-34-23-13-18(11-12-21(23)31)25-24(27(33)30-19-10-8-7-9-16(19)2)17(3)29-20-14-28(4,5)15-22(32)26(20)25/h7-13,25,29,31H,6,14-15H2,1-5H3,(H,30,33)/t25-/m0/s1. The summed E-state index contributed by atoms with van der Waals surface area (Å²) in [7, 11) is 0. The predicted octanol–water partition coefficient (Wildman–Crippen LogP) is 5.34. The summed E-state index contributed by atoms with van der Waals surface area (Å²) < 4.78 is 5.61. The molecule has 0 radical (unpaired) electrons. The summed E-state index contributed by atoms with van der Waals surface area (Å²) in [6, 6.07) is 12.7. The third-order valence-corrected chi connectivity index (χ3v) is 6.49. The van der Waals surface area contributed by atoms with E-state index in [-0.39, 0.29) is 22.9 Å². The molecule has 1 aliphatic carbocycles. The van der Waals surface area contributed by atoms with Crippen LogP contribution < -0.4 is 15.4 Å². The van der Waals surface area contributed by atoms with E-state index in [1.807, 2.05) is 45.0 Å².